The van der Waals surface area contributed by atoms with E-state index in [0.29, 0.717) is 29.6 Å². The fraction of sp³-hybridized carbons (Fsp3) is 0.333. The summed E-state index contributed by atoms with van der Waals surface area (Å²) in [6, 6.07) is 20.6. The van der Waals surface area contributed by atoms with Crippen LogP contribution in [0.3, 0.4) is 0 Å². The van der Waals surface area contributed by atoms with E-state index in [2.05, 4.69) is 5.32 Å². The van der Waals surface area contributed by atoms with Gasteiger partial charge >= 0.3 is 0 Å². The molecule has 0 saturated heterocycles. The molecule has 0 saturated carbocycles. The highest BCUT2D eigenvalue weighted by molar-refractivity contribution is 7.92. The lowest BCUT2D eigenvalue weighted by atomic mass is 10.1. The number of hydrogen-bond donors (Lipinski definition) is 1. The molecule has 8 nitrogen and oxygen atoms in total. The SMILES string of the molecule is CCCCNC(=O)C(C)N(Cc1cccc(Cl)c1)C(=O)CN(c1ccccc1)S(=O)(=O)c1ccc(OCC)cc1. The van der Waals surface area contributed by atoms with Crippen LogP contribution in [0, 0.1) is 0 Å². The van der Waals surface area contributed by atoms with E-state index in [9.17, 15) is 18.0 Å². The Morgan fingerprint density at radius 2 is 1.68 bits per heavy atom. The van der Waals surface area contributed by atoms with E-state index in [4.69, 9.17) is 16.3 Å². The van der Waals surface area contributed by atoms with Gasteiger partial charge in [-0.1, -0.05) is 55.3 Å². The Labute approximate surface area is 241 Å². The molecule has 0 fully saturated rings. The summed E-state index contributed by atoms with van der Waals surface area (Å²) in [5, 5.41) is 3.36. The highest BCUT2D eigenvalue weighted by atomic mass is 35.5. The topological polar surface area (TPSA) is 96.0 Å². The number of nitrogens with zero attached hydrogens (tertiary/aromatic N) is 2. The Bertz CT molecular complexity index is 1370. The van der Waals surface area contributed by atoms with Crippen LogP contribution in [0.2, 0.25) is 5.02 Å². The quantitative estimate of drug-likeness (QED) is 0.260. The molecule has 0 spiro atoms. The van der Waals surface area contributed by atoms with E-state index >= 15 is 0 Å². The molecule has 3 aromatic rings. The fourth-order valence-corrected chi connectivity index (χ4v) is 5.70. The van der Waals surface area contributed by atoms with Crippen molar-refractivity contribution in [1.29, 1.82) is 0 Å². The Kier molecular flexibility index (Phi) is 11.4. The zero-order chi connectivity index (χ0) is 29.1. The first-order valence-corrected chi connectivity index (χ1v) is 15.1. The largest absolute Gasteiger partial charge is 0.494 e. The molecule has 0 aliphatic heterocycles. The van der Waals surface area contributed by atoms with Crippen molar-refractivity contribution < 1.29 is 22.7 Å². The summed E-state index contributed by atoms with van der Waals surface area (Å²) in [6.07, 6.45) is 1.72. The first-order valence-electron chi connectivity index (χ1n) is 13.3. The standard InChI is InChI=1S/C30H36ClN3O5S/c1-4-6-19-32-30(36)23(3)33(21-24-11-10-12-25(31)20-24)29(35)22-34(26-13-8-7-9-14-26)40(37,38)28-17-15-27(16-18-28)39-5-2/h7-18,20,23H,4-6,19,21-22H2,1-3H3,(H,32,36). The number of carbonyl (C=O) groups is 2. The van der Waals surface area contributed by atoms with Crippen molar-refractivity contribution in [3.8, 4) is 5.75 Å². The second kappa shape index (κ2) is 14.7. The van der Waals surface area contributed by atoms with Crippen LogP contribution in [0.4, 0.5) is 5.69 Å². The highest BCUT2D eigenvalue weighted by Gasteiger charge is 2.32. The number of unbranched alkanes of at least 4 members (excludes halogenated alkanes) is 1. The van der Waals surface area contributed by atoms with Crippen LogP contribution >= 0.6 is 11.6 Å². The summed E-state index contributed by atoms with van der Waals surface area (Å²) in [5.41, 5.74) is 1.04. The predicted molar refractivity (Wildman–Crippen MR) is 158 cm³/mol. The van der Waals surface area contributed by atoms with Crippen LogP contribution < -0.4 is 14.4 Å². The van der Waals surface area contributed by atoms with Gasteiger partial charge in [-0.15, -0.1) is 0 Å². The van der Waals surface area contributed by atoms with Gasteiger partial charge in [-0.05, 0) is 74.4 Å². The van der Waals surface area contributed by atoms with Gasteiger partial charge in [0.2, 0.25) is 11.8 Å². The molecule has 3 aromatic carbocycles. The van der Waals surface area contributed by atoms with Gasteiger partial charge in [-0.25, -0.2) is 8.42 Å². The first kappa shape index (κ1) is 31.0. The number of sulfonamides is 1. The van der Waals surface area contributed by atoms with Crippen molar-refractivity contribution in [2.45, 2.75) is 51.1 Å². The summed E-state index contributed by atoms with van der Waals surface area (Å²) < 4.78 is 34.2. The average molecular weight is 586 g/mol. The van der Waals surface area contributed by atoms with Crippen LogP contribution in [0.25, 0.3) is 0 Å². The fourth-order valence-electron chi connectivity index (χ4n) is 4.08. The Morgan fingerprint density at radius 3 is 2.30 bits per heavy atom. The van der Waals surface area contributed by atoms with Gasteiger partial charge in [0.25, 0.3) is 10.0 Å². The molecule has 40 heavy (non-hydrogen) atoms. The number of hydrogen-bond acceptors (Lipinski definition) is 5. The maximum Gasteiger partial charge on any atom is 0.264 e. The van der Waals surface area contributed by atoms with Crippen LogP contribution in [0.15, 0.2) is 83.8 Å². The minimum atomic E-state index is -4.15. The molecule has 1 N–H and O–H groups in total. The van der Waals surface area contributed by atoms with Gasteiger partial charge in [0.15, 0.2) is 0 Å². The lowest BCUT2D eigenvalue weighted by Crippen LogP contribution is -2.51. The molecule has 1 atom stereocenters. The van der Waals surface area contributed by atoms with Gasteiger partial charge in [0.05, 0.1) is 17.2 Å². The summed E-state index contributed by atoms with van der Waals surface area (Å²) in [7, 11) is -4.15. The number of para-hydroxylation sites is 1. The number of nitrogens with one attached hydrogen (secondary N) is 1. The van der Waals surface area contributed by atoms with Gasteiger partial charge < -0.3 is 15.0 Å². The lowest BCUT2D eigenvalue weighted by Gasteiger charge is -2.32. The number of carbonyl (C=O) groups excluding carboxylic acids is 2. The number of amides is 2. The van der Waals surface area contributed by atoms with E-state index in [-0.39, 0.29) is 17.3 Å². The summed E-state index contributed by atoms with van der Waals surface area (Å²) in [4.78, 5) is 28.3. The summed E-state index contributed by atoms with van der Waals surface area (Å²) >= 11 is 6.18. The van der Waals surface area contributed by atoms with Crippen molar-refractivity contribution in [2.75, 3.05) is 24.0 Å². The van der Waals surface area contributed by atoms with Crippen molar-refractivity contribution in [2.24, 2.45) is 0 Å². The zero-order valence-corrected chi connectivity index (χ0v) is 24.6. The molecule has 1 unspecified atom stereocenters. The Hall–Kier alpha value is -3.56. The van der Waals surface area contributed by atoms with E-state index in [1.165, 1.54) is 17.0 Å². The van der Waals surface area contributed by atoms with Crippen LogP contribution in [0.5, 0.6) is 5.75 Å². The van der Waals surface area contributed by atoms with Crippen LogP contribution in [-0.2, 0) is 26.2 Å². The number of anilines is 1. The van der Waals surface area contributed by atoms with Gasteiger partial charge in [0.1, 0.15) is 18.3 Å². The van der Waals surface area contributed by atoms with Crippen molar-refractivity contribution >= 4 is 39.1 Å². The second-order valence-electron chi connectivity index (χ2n) is 9.22. The third kappa shape index (κ3) is 8.22. The zero-order valence-electron chi connectivity index (χ0n) is 23.0. The minimum absolute atomic E-state index is 0.0133. The molecule has 0 aromatic heterocycles. The van der Waals surface area contributed by atoms with Crippen molar-refractivity contribution in [3.63, 3.8) is 0 Å². The van der Waals surface area contributed by atoms with Crippen molar-refractivity contribution in [1.82, 2.24) is 10.2 Å². The molecule has 3 rings (SSSR count). The smallest absolute Gasteiger partial charge is 0.264 e. The number of halogens is 1. The van der Waals surface area contributed by atoms with Crippen molar-refractivity contribution in [3.05, 3.63) is 89.4 Å². The normalized spacial score (nSPS) is 11.9. The van der Waals surface area contributed by atoms with E-state index in [1.807, 2.05) is 13.8 Å². The molecule has 0 aliphatic carbocycles. The molecule has 0 heterocycles. The van der Waals surface area contributed by atoms with Gasteiger partial charge in [-0.3, -0.25) is 13.9 Å². The maximum absolute atomic E-state index is 13.9. The molecule has 0 aliphatic rings. The molecule has 214 valence electrons. The predicted octanol–water partition coefficient (Wildman–Crippen LogP) is 5.27. The van der Waals surface area contributed by atoms with E-state index in [1.54, 1.807) is 73.7 Å². The van der Waals surface area contributed by atoms with Crippen LogP contribution in [0.1, 0.15) is 39.2 Å². The van der Waals surface area contributed by atoms with E-state index < -0.39 is 28.5 Å². The maximum atomic E-state index is 13.9. The number of benzene rings is 3. The Balaban J connectivity index is 1.97. The molecule has 0 radical (unpaired) electrons. The first-order chi connectivity index (χ1) is 19.2. The molecule has 2 amide bonds. The van der Waals surface area contributed by atoms with Crippen LogP contribution in [-0.4, -0.2) is 50.9 Å². The summed E-state index contributed by atoms with van der Waals surface area (Å²) in [5.74, 6) is -0.305. The Morgan fingerprint density at radius 1 is 0.975 bits per heavy atom. The minimum Gasteiger partial charge on any atom is -0.494 e. The molecule has 0 bridgehead atoms. The molecular weight excluding hydrogens is 550 g/mol. The number of rotatable bonds is 14. The second-order valence-corrected chi connectivity index (χ2v) is 11.5. The highest BCUT2D eigenvalue weighted by Crippen LogP contribution is 2.26. The number of ether oxygens (including phenoxy) is 1. The molecular formula is C30H36ClN3O5S. The third-order valence-electron chi connectivity index (χ3n) is 6.28. The van der Waals surface area contributed by atoms with Gasteiger partial charge in [-0.2, -0.15) is 0 Å². The average Bonchev–Trinajstić information content (AvgIpc) is 2.95. The third-order valence-corrected chi connectivity index (χ3v) is 8.31. The van der Waals surface area contributed by atoms with E-state index in [0.717, 1.165) is 22.7 Å². The lowest BCUT2D eigenvalue weighted by molar-refractivity contribution is -0.139. The summed E-state index contributed by atoms with van der Waals surface area (Å²) in [6.45, 7) is 6.00. The monoisotopic (exact) mass is 585 g/mol. The van der Waals surface area contributed by atoms with Gasteiger partial charge in [0, 0.05) is 18.1 Å². The molecule has 10 heteroatoms.